The average Bonchev–Trinajstić information content (AvgIpc) is 3.26. The third-order valence-electron chi connectivity index (χ3n) is 6.01. The lowest BCUT2D eigenvalue weighted by atomic mass is 10.0. The standard InChI is InChI=1S/C26H24FN5O2/c1-16-14-19(27)6-2-17(16)5-9-22-24-21(26(34)32-12-10-28-11-13-32)15-23(29-25(24)31-30-22)18-3-7-20(33)8-4-18/h2-9,14-15,28,33H,10-13H2,1H3,(H,29,30,31)/b9-5+. The summed E-state index contributed by atoms with van der Waals surface area (Å²) >= 11 is 0. The maximum absolute atomic E-state index is 13.6. The lowest BCUT2D eigenvalue weighted by Crippen LogP contribution is -2.46. The van der Waals surface area contributed by atoms with Crippen LogP contribution in [0, 0.1) is 12.7 Å². The first kappa shape index (κ1) is 21.8. The van der Waals surface area contributed by atoms with Gasteiger partial charge in [-0.15, -0.1) is 0 Å². The number of benzene rings is 2. The van der Waals surface area contributed by atoms with E-state index < -0.39 is 0 Å². The number of aromatic nitrogens is 3. The predicted octanol–water partition coefficient (Wildman–Crippen LogP) is 3.99. The maximum atomic E-state index is 13.6. The number of nitrogens with one attached hydrogen (secondary N) is 2. The van der Waals surface area contributed by atoms with E-state index in [9.17, 15) is 14.3 Å². The number of aryl methyl sites for hydroxylation is 1. The molecule has 2 aromatic heterocycles. The molecule has 0 bridgehead atoms. The van der Waals surface area contributed by atoms with Crippen LogP contribution in [0.2, 0.25) is 0 Å². The van der Waals surface area contributed by atoms with E-state index in [0.29, 0.717) is 41.1 Å². The highest BCUT2D eigenvalue weighted by atomic mass is 19.1. The number of phenols is 1. The van der Waals surface area contributed by atoms with Crippen molar-refractivity contribution in [3.8, 4) is 17.0 Å². The summed E-state index contributed by atoms with van der Waals surface area (Å²) in [5, 5.41) is 20.9. The number of carbonyl (C=O) groups is 1. The fraction of sp³-hybridized carbons (Fsp3) is 0.192. The largest absolute Gasteiger partial charge is 0.508 e. The van der Waals surface area contributed by atoms with Gasteiger partial charge in [-0.25, -0.2) is 9.37 Å². The number of piperazine rings is 1. The number of aromatic amines is 1. The predicted molar refractivity (Wildman–Crippen MR) is 130 cm³/mol. The van der Waals surface area contributed by atoms with E-state index in [1.54, 1.807) is 36.4 Å². The highest BCUT2D eigenvalue weighted by Gasteiger charge is 2.24. The van der Waals surface area contributed by atoms with Crippen molar-refractivity contribution in [2.45, 2.75) is 6.92 Å². The molecule has 1 fully saturated rings. The van der Waals surface area contributed by atoms with Gasteiger partial charge < -0.3 is 15.3 Å². The number of fused-ring (bicyclic) bond motifs is 1. The number of H-pyrrole nitrogens is 1. The van der Waals surface area contributed by atoms with Crippen molar-refractivity contribution in [2.75, 3.05) is 26.2 Å². The Morgan fingerprint density at radius 3 is 2.59 bits per heavy atom. The topological polar surface area (TPSA) is 94.1 Å². The Labute approximate surface area is 195 Å². The fourth-order valence-electron chi connectivity index (χ4n) is 4.16. The van der Waals surface area contributed by atoms with Crippen molar-refractivity contribution in [2.24, 2.45) is 0 Å². The maximum Gasteiger partial charge on any atom is 0.254 e. The number of hydrogen-bond donors (Lipinski definition) is 3. The Bertz CT molecular complexity index is 1390. The third-order valence-corrected chi connectivity index (χ3v) is 6.01. The van der Waals surface area contributed by atoms with Gasteiger partial charge in [0.15, 0.2) is 5.65 Å². The quantitative estimate of drug-likeness (QED) is 0.431. The number of carbonyl (C=O) groups excluding carboxylic acids is 1. The Morgan fingerprint density at radius 1 is 1.09 bits per heavy atom. The zero-order chi connectivity index (χ0) is 23.7. The molecule has 4 aromatic rings. The first-order valence-corrected chi connectivity index (χ1v) is 11.1. The molecular formula is C26H24FN5O2. The Kier molecular flexibility index (Phi) is 5.81. The molecule has 172 valence electrons. The Hall–Kier alpha value is -4.04. The van der Waals surface area contributed by atoms with Gasteiger partial charge in [-0.3, -0.25) is 9.89 Å². The monoisotopic (exact) mass is 457 g/mol. The second-order valence-corrected chi connectivity index (χ2v) is 8.31. The Balaban J connectivity index is 1.62. The van der Waals surface area contributed by atoms with Crippen LogP contribution in [0.1, 0.15) is 27.2 Å². The number of hydrogen-bond acceptors (Lipinski definition) is 5. The van der Waals surface area contributed by atoms with Crippen molar-refractivity contribution in [1.29, 1.82) is 0 Å². The molecule has 1 aliphatic heterocycles. The lowest BCUT2D eigenvalue weighted by Gasteiger charge is -2.27. The van der Waals surface area contributed by atoms with Crippen molar-refractivity contribution in [3.05, 3.63) is 76.7 Å². The molecule has 0 saturated carbocycles. The molecule has 0 radical (unpaired) electrons. The van der Waals surface area contributed by atoms with E-state index in [1.807, 2.05) is 24.0 Å². The number of aromatic hydroxyl groups is 1. The van der Waals surface area contributed by atoms with Crippen molar-refractivity contribution < 1.29 is 14.3 Å². The summed E-state index contributed by atoms with van der Waals surface area (Å²) in [4.78, 5) is 20.1. The van der Waals surface area contributed by atoms with Crippen LogP contribution >= 0.6 is 0 Å². The summed E-state index contributed by atoms with van der Waals surface area (Å²) < 4.78 is 13.5. The van der Waals surface area contributed by atoms with Crippen LogP contribution in [-0.2, 0) is 0 Å². The molecule has 2 aromatic carbocycles. The highest BCUT2D eigenvalue weighted by Crippen LogP contribution is 2.29. The van der Waals surface area contributed by atoms with Gasteiger partial charge in [0.1, 0.15) is 11.6 Å². The number of rotatable bonds is 4. The number of halogens is 1. The van der Waals surface area contributed by atoms with E-state index in [2.05, 4.69) is 15.5 Å². The zero-order valence-corrected chi connectivity index (χ0v) is 18.7. The number of pyridine rings is 1. The second-order valence-electron chi connectivity index (χ2n) is 8.31. The minimum absolute atomic E-state index is 0.0806. The SMILES string of the molecule is Cc1cc(F)ccc1/C=C/c1n[nH]c2nc(-c3ccc(O)cc3)cc(C(=O)N3CCNCC3)c12. The molecule has 3 N–H and O–H groups in total. The molecule has 3 heterocycles. The molecule has 1 aliphatic rings. The molecule has 1 saturated heterocycles. The van der Waals surface area contributed by atoms with Crippen LogP contribution in [0.25, 0.3) is 34.4 Å². The first-order chi connectivity index (χ1) is 16.5. The summed E-state index contributed by atoms with van der Waals surface area (Å²) in [5.74, 6) is -0.204. The number of amides is 1. The normalized spacial score (nSPS) is 14.2. The highest BCUT2D eigenvalue weighted by molar-refractivity contribution is 6.09. The molecular weight excluding hydrogens is 433 g/mol. The second kappa shape index (κ2) is 9.07. The number of phenolic OH excluding ortho intramolecular Hbond substituents is 1. The van der Waals surface area contributed by atoms with Crippen molar-refractivity contribution in [3.63, 3.8) is 0 Å². The van der Waals surface area contributed by atoms with Crippen molar-refractivity contribution >= 4 is 29.1 Å². The van der Waals surface area contributed by atoms with Crippen LogP contribution in [0.4, 0.5) is 4.39 Å². The van der Waals surface area contributed by atoms with Gasteiger partial charge in [0.2, 0.25) is 0 Å². The van der Waals surface area contributed by atoms with Crippen LogP contribution in [0.15, 0.2) is 48.5 Å². The van der Waals surface area contributed by atoms with Gasteiger partial charge in [0, 0.05) is 31.7 Å². The van der Waals surface area contributed by atoms with E-state index in [0.717, 1.165) is 29.8 Å². The van der Waals surface area contributed by atoms with Crippen LogP contribution in [0.3, 0.4) is 0 Å². The minimum Gasteiger partial charge on any atom is -0.508 e. The van der Waals surface area contributed by atoms with Gasteiger partial charge in [-0.05, 0) is 66.6 Å². The van der Waals surface area contributed by atoms with E-state index in [-0.39, 0.29) is 17.5 Å². The van der Waals surface area contributed by atoms with Crippen LogP contribution in [-0.4, -0.2) is 57.3 Å². The molecule has 8 heteroatoms. The van der Waals surface area contributed by atoms with Gasteiger partial charge in [-0.2, -0.15) is 5.10 Å². The van der Waals surface area contributed by atoms with Crippen LogP contribution < -0.4 is 5.32 Å². The third kappa shape index (κ3) is 4.27. The summed E-state index contributed by atoms with van der Waals surface area (Å²) in [7, 11) is 0. The first-order valence-electron chi connectivity index (χ1n) is 11.1. The van der Waals surface area contributed by atoms with Crippen molar-refractivity contribution in [1.82, 2.24) is 25.4 Å². The van der Waals surface area contributed by atoms with Crippen LogP contribution in [0.5, 0.6) is 5.75 Å². The van der Waals surface area contributed by atoms with E-state index in [1.165, 1.54) is 12.1 Å². The molecule has 7 nitrogen and oxygen atoms in total. The molecule has 0 atom stereocenters. The Morgan fingerprint density at radius 2 is 1.85 bits per heavy atom. The molecule has 0 spiro atoms. The summed E-state index contributed by atoms with van der Waals surface area (Å²) in [6, 6.07) is 13.1. The molecule has 1 amide bonds. The smallest absolute Gasteiger partial charge is 0.254 e. The van der Waals surface area contributed by atoms with Gasteiger partial charge in [0.05, 0.1) is 22.3 Å². The summed E-state index contributed by atoms with van der Waals surface area (Å²) in [5.41, 5.74) is 4.66. The molecule has 0 aliphatic carbocycles. The molecule has 0 unspecified atom stereocenters. The minimum atomic E-state index is -0.283. The lowest BCUT2D eigenvalue weighted by molar-refractivity contribution is 0.0737. The van der Waals surface area contributed by atoms with E-state index >= 15 is 0 Å². The summed E-state index contributed by atoms with van der Waals surface area (Å²) in [6.07, 6.45) is 3.67. The molecule has 34 heavy (non-hydrogen) atoms. The average molecular weight is 458 g/mol. The molecule has 5 rings (SSSR count). The van der Waals surface area contributed by atoms with E-state index in [4.69, 9.17) is 4.98 Å². The summed E-state index contributed by atoms with van der Waals surface area (Å²) in [6.45, 7) is 4.57. The zero-order valence-electron chi connectivity index (χ0n) is 18.7. The van der Waals surface area contributed by atoms with Gasteiger partial charge >= 0.3 is 0 Å². The number of nitrogens with zero attached hydrogens (tertiary/aromatic N) is 3. The van der Waals surface area contributed by atoms with Gasteiger partial charge in [-0.1, -0.05) is 12.1 Å². The van der Waals surface area contributed by atoms with Gasteiger partial charge in [0.25, 0.3) is 5.91 Å². The fourth-order valence-corrected chi connectivity index (χ4v) is 4.16.